The summed E-state index contributed by atoms with van der Waals surface area (Å²) in [5.41, 5.74) is 10.5. The molecule has 6 heterocycles. The Hall–Kier alpha value is -7.35. The first kappa shape index (κ1) is 61.2. The Morgan fingerprint density at radius 1 is 0.798 bits per heavy atom. The van der Waals surface area contributed by atoms with Crippen molar-refractivity contribution in [1.29, 1.82) is 0 Å². The minimum Gasteiger partial charge on any atom is -0.476 e. The molecule has 17 nitrogen and oxygen atoms in total. The summed E-state index contributed by atoms with van der Waals surface area (Å²) in [7, 11) is 0. The summed E-state index contributed by atoms with van der Waals surface area (Å²) in [5.74, 6) is -1.69. The summed E-state index contributed by atoms with van der Waals surface area (Å²) in [5, 5.41) is 35.7. The van der Waals surface area contributed by atoms with Crippen LogP contribution in [0.1, 0.15) is 172 Å². The molecule has 2 aliphatic rings. The molecule has 2 aliphatic heterocycles. The van der Waals surface area contributed by atoms with Crippen LogP contribution in [0, 0.1) is 26.2 Å². The highest BCUT2D eigenvalue weighted by Gasteiger charge is 2.45. The van der Waals surface area contributed by atoms with Crippen molar-refractivity contribution in [2.75, 3.05) is 23.3 Å². The zero-order valence-electron chi connectivity index (χ0n) is 49.5. The van der Waals surface area contributed by atoms with E-state index in [1.807, 2.05) is 142 Å². The van der Waals surface area contributed by atoms with Crippen LogP contribution in [0.4, 0.5) is 10.9 Å². The molecule has 9 rings (SSSR count). The third-order valence-electron chi connectivity index (χ3n) is 16.4. The van der Waals surface area contributed by atoms with Crippen molar-refractivity contribution in [1.82, 2.24) is 40.3 Å². The quantitative estimate of drug-likeness (QED) is 0.0337. The lowest BCUT2D eigenvalue weighted by molar-refractivity contribution is -0.144. The number of carboxylic acid groups (broad SMARTS) is 1. The number of aliphatic hydroxyl groups is 1. The summed E-state index contributed by atoms with van der Waals surface area (Å²) in [4.78, 5) is 86.0. The van der Waals surface area contributed by atoms with Crippen LogP contribution in [0.25, 0.3) is 31.8 Å². The molecule has 0 aliphatic carbocycles. The lowest BCUT2D eigenvalue weighted by atomic mass is 9.85. The van der Waals surface area contributed by atoms with Crippen molar-refractivity contribution < 1.29 is 34.2 Å². The predicted octanol–water partition coefficient (Wildman–Crippen LogP) is 12.2. The van der Waals surface area contributed by atoms with Gasteiger partial charge < -0.3 is 30.6 Å². The van der Waals surface area contributed by atoms with E-state index in [-0.39, 0.29) is 48.3 Å². The maximum absolute atomic E-state index is 14.2. The molecule has 19 heteroatoms. The van der Waals surface area contributed by atoms with E-state index in [4.69, 9.17) is 10.1 Å². The number of unbranched alkanes of at least 4 members (excludes halogenated alkanes) is 10. The van der Waals surface area contributed by atoms with Crippen LogP contribution in [0.3, 0.4) is 0 Å². The smallest absolute Gasteiger partial charge is 0.355 e. The number of likely N-dealkylation sites (tertiary alicyclic amines) is 1. The van der Waals surface area contributed by atoms with Gasteiger partial charge in [-0.05, 0) is 105 Å². The van der Waals surface area contributed by atoms with Gasteiger partial charge in [0, 0.05) is 61.4 Å². The zero-order valence-corrected chi connectivity index (χ0v) is 51.1. The first-order chi connectivity index (χ1) is 40.3. The number of aromatic nitrogens is 5. The van der Waals surface area contributed by atoms with Gasteiger partial charge >= 0.3 is 5.97 Å². The number of carboxylic acids is 1. The molecule has 4 amide bonds. The first-order valence-electron chi connectivity index (χ1n) is 29.7. The molecule has 0 radical (unpaired) electrons. The standard InChI is InChI=1S/C65H80N10O7S2/c1-40(44-27-29-46(30-28-44)58-42(3)66-39-83-58)67-61(79)52-36-47(76)37-74(52)62(80)59(65(5,6)7)70-55(77)26-17-15-13-11-9-8-10-12-14-16-20-34-75-43(4)56(41(2)72-75)49-31-32-54(69-57(49)63(81)82)73-35-33-45-22-21-23-48(50(45)38-73)60(78)71-64-68-51-24-18-19-25-53(51)84-64/h18-19,21-25,27-32,39-40,47,52,59,76H,8-17,20,26,33-38H2,1-7H3,(H,67,79)(H,70,77)(H,81,82)(H,68,71,78)/t40?,47-,52+,59?/m1/s1. The number of aryl methyl sites for hydroxylation is 3. The van der Waals surface area contributed by atoms with Gasteiger partial charge in [0.05, 0.1) is 44.1 Å². The number of fused-ring (bicyclic) bond motifs is 2. The Kier molecular flexibility index (Phi) is 20.1. The van der Waals surface area contributed by atoms with Gasteiger partial charge in [0.15, 0.2) is 10.8 Å². The van der Waals surface area contributed by atoms with E-state index >= 15 is 0 Å². The summed E-state index contributed by atoms with van der Waals surface area (Å²) in [6.45, 7) is 15.3. The number of para-hydroxylation sites is 1. The number of rotatable bonds is 25. The molecule has 3 aromatic carbocycles. The number of β-amino-alcohol motifs (C(OH)–C–C–N with tert-alkyl or cyclic N) is 1. The van der Waals surface area contributed by atoms with E-state index in [0.29, 0.717) is 48.0 Å². The van der Waals surface area contributed by atoms with Gasteiger partial charge in [-0.25, -0.2) is 19.7 Å². The molecule has 0 saturated carbocycles. The van der Waals surface area contributed by atoms with Crippen LogP contribution >= 0.6 is 22.7 Å². The average molecular weight is 1180 g/mol. The van der Waals surface area contributed by atoms with Crippen LogP contribution in [0.2, 0.25) is 0 Å². The van der Waals surface area contributed by atoms with Gasteiger partial charge in [-0.15, -0.1) is 11.3 Å². The second-order valence-corrected chi connectivity index (χ2v) is 25.6. The molecule has 84 heavy (non-hydrogen) atoms. The van der Waals surface area contributed by atoms with Crippen molar-refractivity contribution in [3.8, 4) is 21.6 Å². The summed E-state index contributed by atoms with van der Waals surface area (Å²) in [6.07, 6.45) is 11.8. The Bertz CT molecular complexity index is 3440. The van der Waals surface area contributed by atoms with E-state index in [9.17, 15) is 34.2 Å². The second-order valence-electron chi connectivity index (χ2n) is 23.7. The van der Waals surface area contributed by atoms with Crippen LogP contribution in [0.5, 0.6) is 0 Å². The van der Waals surface area contributed by atoms with Crippen LogP contribution in [0.15, 0.2) is 84.4 Å². The molecule has 0 spiro atoms. The number of pyridine rings is 1. The highest BCUT2D eigenvalue weighted by atomic mass is 32.1. The molecule has 5 N–H and O–H groups in total. The molecular weight excluding hydrogens is 1100 g/mol. The van der Waals surface area contributed by atoms with Gasteiger partial charge in [0.2, 0.25) is 17.7 Å². The van der Waals surface area contributed by atoms with Crippen LogP contribution in [-0.4, -0.2) is 101 Å². The topological polar surface area (TPSA) is 225 Å². The van der Waals surface area contributed by atoms with Gasteiger partial charge in [0.1, 0.15) is 17.9 Å². The minimum absolute atomic E-state index is 0.0256. The van der Waals surface area contributed by atoms with Crippen molar-refractivity contribution >= 4 is 73.4 Å². The average Bonchev–Trinajstić information content (AvgIpc) is 4.42. The predicted molar refractivity (Wildman–Crippen MR) is 332 cm³/mol. The van der Waals surface area contributed by atoms with E-state index in [0.717, 1.165) is 131 Å². The number of thiazole rings is 2. The number of nitrogens with one attached hydrogen (secondary N) is 3. The number of aromatic carboxylic acids is 1. The number of benzene rings is 3. The van der Waals surface area contributed by atoms with E-state index in [2.05, 4.69) is 25.9 Å². The number of hydrogen-bond donors (Lipinski definition) is 5. The Morgan fingerprint density at radius 3 is 2.18 bits per heavy atom. The number of amides is 4. The highest BCUT2D eigenvalue weighted by Crippen LogP contribution is 2.35. The monoisotopic (exact) mass is 1180 g/mol. The second kappa shape index (κ2) is 27.6. The van der Waals surface area contributed by atoms with Crippen molar-refractivity contribution in [3.63, 3.8) is 0 Å². The van der Waals surface area contributed by atoms with Crippen LogP contribution in [-0.2, 0) is 33.9 Å². The molecular formula is C65H80N10O7S2. The highest BCUT2D eigenvalue weighted by molar-refractivity contribution is 7.22. The third kappa shape index (κ3) is 14.8. The molecule has 4 aromatic heterocycles. The molecule has 444 valence electrons. The summed E-state index contributed by atoms with van der Waals surface area (Å²) >= 11 is 3.01. The molecule has 1 fully saturated rings. The number of hydrogen-bond acceptors (Lipinski definition) is 13. The summed E-state index contributed by atoms with van der Waals surface area (Å²) in [6, 6.07) is 23.2. The maximum Gasteiger partial charge on any atom is 0.355 e. The van der Waals surface area contributed by atoms with Gasteiger partial charge in [0.25, 0.3) is 5.91 Å². The molecule has 4 atom stereocenters. The molecule has 1 saturated heterocycles. The largest absolute Gasteiger partial charge is 0.476 e. The van der Waals surface area contributed by atoms with Crippen molar-refractivity contribution in [3.05, 3.63) is 129 Å². The number of carbonyl (C=O) groups is 5. The number of aliphatic hydroxyl groups excluding tert-OH is 1. The zero-order chi connectivity index (χ0) is 59.7. The maximum atomic E-state index is 14.2. The number of nitrogens with zero attached hydrogens (tertiary/aromatic N) is 7. The summed E-state index contributed by atoms with van der Waals surface area (Å²) < 4.78 is 2.99. The third-order valence-corrected chi connectivity index (χ3v) is 18.4. The van der Waals surface area contributed by atoms with Gasteiger partial charge in [-0.2, -0.15) is 5.10 Å². The Labute approximate surface area is 500 Å². The minimum atomic E-state index is -1.11. The first-order valence-corrected chi connectivity index (χ1v) is 31.4. The Balaban J connectivity index is 0.664. The molecule has 0 bridgehead atoms. The van der Waals surface area contributed by atoms with E-state index < -0.39 is 29.6 Å². The normalized spacial score (nSPS) is 15.9. The fourth-order valence-corrected chi connectivity index (χ4v) is 13.4. The number of anilines is 2. The molecule has 2 unspecified atom stereocenters. The fourth-order valence-electron chi connectivity index (χ4n) is 11.8. The molecule has 7 aromatic rings. The fraction of sp³-hybridized carbons (Fsp3) is 0.462. The Morgan fingerprint density at radius 2 is 1.50 bits per heavy atom. The lowest BCUT2D eigenvalue weighted by Crippen LogP contribution is -2.57. The van der Waals surface area contributed by atoms with Crippen molar-refractivity contribution in [2.45, 2.75) is 176 Å². The van der Waals surface area contributed by atoms with E-state index in [1.165, 1.54) is 22.7 Å². The van der Waals surface area contributed by atoms with Crippen LogP contribution < -0.4 is 20.9 Å². The van der Waals surface area contributed by atoms with Gasteiger partial charge in [-0.1, -0.05) is 138 Å². The SMILES string of the molecule is Cc1ncsc1-c1ccc(C(C)NC(=O)[C@@H]2C[C@@H](O)CN2C(=O)C(NC(=O)CCCCCCCCCCCCCn2nc(C)c(-c3ccc(N4CCc5cccc(C(=O)Nc6nc7ccccc7s6)c5C4)nc3C(=O)O)c2C)C(C)(C)C)cc1. The van der Waals surface area contributed by atoms with E-state index in [1.54, 1.807) is 11.3 Å². The number of carbonyl (C=O) groups excluding carboxylic acids is 4. The lowest BCUT2D eigenvalue weighted by Gasteiger charge is -2.35. The van der Waals surface area contributed by atoms with Crippen molar-refractivity contribution in [2.24, 2.45) is 5.41 Å². The van der Waals surface area contributed by atoms with Gasteiger partial charge in [-0.3, -0.25) is 29.2 Å².